The van der Waals surface area contributed by atoms with Crippen molar-refractivity contribution >= 4 is 23.1 Å². The first kappa shape index (κ1) is 18.9. The topological polar surface area (TPSA) is 114 Å². The highest BCUT2D eigenvalue weighted by Gasteiger charge is 2.39. The molecule has 0 amide bonds. The summed E-state index contributed by atoms with van der Waals surface area (Å²) in [6.07, 6.45) is 0.174. The molecule has 4 rings (SSSR count). The molecule has 2 heterocycles. The summed E-state index contributed by atoms with van der Waals surface area (Å²) in [4.78, 5) is 12.0. The Hall–Kier alpha value is -2.40. The Morgan fingerprint density at radius 2 is 2.04 bits per heavy atom. The lowest BCUT2D eigenvalue weighted by atomic mass is 9.73. The number of hydrogen-bond acceptors (Lipinski definition) is 7. The van der Waals surface area contributed by atoms with Crippen molar-refractivity contribution in [3.05, 3.63) is 58.7 Å². The van der Waals surface area contributed by atoms with Crippen LogP contribution in [-0.4, -0.2) is 39.6 Å². The van der Waals surface area contributed by atoms with Crippen LogP contribution in [0, 0.1) is 0 Å². The van der Waals surface area contributed by atoms with Gasteiger partial charge in [-0.1, -0.05) is 18.2 Å². The summed E-state index contributed by atoms with van der Waals surface area (Å²) in [5.74, 6) is -1.27. The Balaban J connectivity index is 1.58. The van der Waals surface area contributed by atoms with Gasteiger partial charge in [0.15, 0.2) is 0 Å². The van der Waals surface area contributed by atoms with Gasteiger partial charge in [0.2, 0.25) is 10.0 Å². The number of hydrogen-bond donors (Lipinski definition) is 3. The lowest BCUT2D eigenvalue weighted by Crippen LogP contribution is -2.53. The third-order valence-electron chi connectivity index (χ3n) is 4.95. The molecule has 0 bridgehead atoms. The van der Waals surface area contributed by atoms with Crippen molar-refractivity contribution in [2.45, 2.75) is 30.3 Å². The zero-order valence-electron chi connectivity index (χ0n) is 15.1. The molecule has 0 unspecified atom stereocenters. The third-order valence-corrected chi connectivity index (χ3v) is 6.44. The number of methoxy groups -OCH3 is 1. The van der Waals surface area contributed by atoms with Crippen LogP contribution in [0.4, 0.5) is 0 Å². The minimum atomic E-state index is -3.86. The number of para-hydroxylation sites is 1. The van der Waals surface area contributed by atoms with Crippen molar-refractivity contribution in [3.63, 3.8) is 0 Å². The van der Waals surface area contributed by atoms with Crippen LogP contribution in [0.25, 0.3) is 0 Å². The normalized spacial score (nSPS) is 18.2. The van der Waals surface area contributed by atoms with Crippen LogP contribution in [0.2, 0.25) is 0 Å². The lowest BCUT2D eigenvalue weighted by Gasteiger charge is -2.29. The van der Waals surface area contributed by atoms with Crippen molar-refractivity contribution in [1.82, 2.24) is 10.0 Å². The number of carbonyl (C=O) groups is 1. The highest BCUT2D eigenvalue weighted by atomic mass is 32.2. The van der Waals surface area contributed by atoms with Gasteiger partial charge in [-0.25, -0.2) is 17.9 Å². The zero-order chi connectivity index (χ0) is 19.9. The molecule has 0 radical (unpaired) electrons. The van der Waals surface area contributed by atoms with Crippen LogP contribution in [-0.2, 0) is 34.3 Å². The summed E-state index contributed by atoms with van der Waals surface area (Å²) in [5.41, 5.74) is 2.81. The van der Waals surface area contributed by atoms with E-state index in [9.17, 15) is 18.2 Å². The molecule has 1 atom stereocenters. The zero-order valence-corrected chi connectivity index (χ0v) is 16.0. The lowest BCUT2D eigenvalue weighted by molar-refractivity contribution is 0.0598. The standard InChI is InChI=1S/C18H19BN2O6S/c1-26-18(22)15-4-2-3-11-8-16(19(23)27-17(11)15)21-28(24,25)14-6-5-12-9-20-10-13(12)7-14/h2-7,16,20-21,23H,8-10H2,1H3/t16-/m0/s1. The highest BCUT2D eigenvalue weighted by molar-refractivity contribution is 7.89. The fourth-order valence-corrected chi connectivity index (χ4v) is 4.78. The van der Waals surface area contributed by atoms with Crippen molar-refractivity contribution < 1.29 is 27.6 Å². The largest absolute Gasteiger partial charge is 0.542 e. The third kappa shape index (κ3) is 3.40. The Morgan fingerprint density at radius 3 is 2.82 bits per heavy atom. The summed E-state index contributed by atoms with van der Waals surface area (Å²) in [7, 11) is -4.04. The number of rotatable bonds is 4. The summed E-state index contributed by atoms with van der Waals surface area (Å²) < 4.78 is 38.3. The average molecular weight is 402 g/mol. The Morgan fingerprint density at radius 1 is 1.25 bits per heavy atom. The average Bonchev–Trinajstić information content (AvgIpc) is 3.15. The predicted molar refractivity (Wildman–Crippen MR) is 101 cm³/mol. The van der Waals surface area contributed by atoms with E-state index in [0.717, 1.165) is 17.7 Å². The van der Waals surface area contributed by atoms with Crippen molar-refractivity contribution in [2.24, 2.45) is 0 Å². The molecule has 3 N–H and O–H groups in total. The van der Waals surface area contributed by atoms with Gasteiger partial charge in [-0.15, -0.1) is 0 Å². The molecule has 2 aliphatic rings. The molecular formula is C18H19BN2O6S. The molecule has 0 aliphatic carbocycles. The SMILES string of the molecule is COC(=O)c1cccc2c1OB(O)[C@@H](NS(=O)(=O)c1ccc3c(c1)CNC3)C2. The van der Waals surface area contributed by atoms with E-state index in [2.05, 4.69) is 10.0 Å². The minimum absolute atomic E-state index is 0.135. The van der Waals surface area contributed by atoms with E-state index in [1.807, 2.05) is 0 Å². The maximum Gasteiger partial charge on any atom is 0.542 e. The maximum absolute atomic E-state index is 12.8. The molecule has 8 nitrogen and oxygen atoms in total. The molecule has 2 aromatic carbocycles. The molecule has 0 saturated carbocycles. The van der Waals surface area contributed by atoms with Crippen LogP contribution in [0.15, 0.2) is 41.3 Å². The van der Waals surface area contributed by atoms with Gasteiger partial charge in [-0.05, 0) is 41.3 Å². The Labute approximate surface area is 163 Å². The van der Waals surface area contributed by atoms with Crippen molar-refractivity contribution in [2.75, 3.05) is 7.11 Å². The van der Waals surface area contributed by atoms with Crippen molar-refractivity contribution in [3.8, 4) is 5.75 Å². The number of benzene rings is 2. The van der Waals surface area contributed by atoms with Crippen LogP contribution >= 0.6 is 0 Å². The van der Waals surface area contributed by atoms with Gasteiger partial charge >= 0.3 is 13.1 Å². The van der Waals surface area contributed by atoms with E-state index in [-0.39, 0.29) is 22.6 Å². The van der Waals surface area contributed by atoms with Gasteiger partial charge in [-0.2, -0.15) is 0 Å². The Bertz CT molecular complexity index is 1040. The van der Waals surface area contributed by atoms with Gasteiger partial charge < -0.3 is 19.7 Å². The monoisotopic (exact) mass is 402 g/mol. The van der Waals surface area contributed by atoms with Crippen LogP contribution < -0.4 is 14.7 Å². The molecule has 0 saturated heterocycles. The van der Waals surface area contributed by atoms with Gasteiger partial charge in [0.1, 0.15) is 11.3 Å². The summed E-state index contributed by atoms with van der Waals surface area (Å²) in [5, 5.41) is 13.5. The maximum atomic E-state index is 12.8. The number of carbonyl (C=O) groups excluding carboxylic acids is 1. The fraction of sp³-hybridized carbons (Fsp3) is 0.278. The molecule has 0 aromatic heterocycles. The van der Waals surface area contributed by atoms with Gasteiger partial charge in [0.25, 0.3) is 0 Å². The van der Waals surface area contributed by atoms with E-state index < -0.39 is 29.1 Å². The first-order valence-electron chi connectivity index (χ1n) is 8.79. The minimum Gasteiger partial charge on any atom is -0.534 e. The summed E-state index contributed by atoms with van der Waals surface area (Å²) >= 11 is 0. The smallest absolute Gasteiger partial charge is 0.534 e. The molecular weight excluding hydrogens is 383 g/mol. The summed E-state index contributed by atoms with van der Waals surface area (Å²) in [6.45, 7) is 1.34. The molecule has 2 aromatic rings. The van der Waals surface area contributed by atoms with Crippen LogP contribution in [0.1, 0.15) is 27.0 Å². The Kier molecular flexibility index (Phi) is 4.88. The van der Waals surface area contributed by atoms with E-state index in [4.69, 9.17) is 9.39 Å². The van der Waals surface area contributed by atoms with E-state index in [1.165, 1.54) is 13.2 Å². The predicted octanol–water partition coefficient (Wildman–Crippen LogP) is 0.378. The first-order chi connectivity index (χ1) is 13.4. The van der Waals surface area contributed by atoms with Crippen molar-refractivity contribution in [1.29, 1.82) is 0 Å². The molecule has 146 valence electrons. The molecule has 28 heavy (non-hydrogen) atoms. The second-order valence-corrected chi connectivity index (χ2v) is 8.47. The molecule has 2 aliphatic heterocycles. The molecule has 0 spiro atoms. The van der Waals surface area contributed by atoms with E-state index in [1.54, 1.807) is 30.3 Å². The van der Waals surface area contributed by atoms with Crippen LogP contribution in [0.5, 0.6) is 5.75 Å². The van der Waals surface area contributed by atoms with Gasteiger partial charge in [-0.3, -0.25) is 0 Å². The van der Waals surface area contributed by atoms with E-state index in [0.29, 0.717) is 12.1 Å². The second-order valence-electron chi connectivity index (χ2n) is 6.76. The van der Waals surface area contributed by atoms with Crippen LogP contribution in [0.3, 0.4) is 0 Å². The van der Waals surface area contributed by atoms with Gasteiger partial charge in [0, 0.05) is 13.1 Å². The number of fused-ring (bicyclic) bond motifs is 2. The fourth-order valence-electron chi connectivity index (χ4n) is 3.50. The van der Waals surface area contributed by atoms with Gasteiger partial charge in [0.05, 0.1) is 17.9 Å². The quantitative estimate of drug-likeness (QED) is 0.501. The highest BCUT2D eigenvalue weighted by Crippen LogP contribution is 2.31. The summed E-state index contributed by atoms with van der Waals surface area (Å²) in [6, 6.07) is 9.88. The number of ether oxygens (including phenoxy) is 1. The number of sulfonamides is 1. The first-order valence-corrected chi connectivity index (χ1v) is 10.3. The molecule has 10 heteroatoms. The molecule has 0 fully saturated rings. The number of esters is 1. The van der Waals surface area contributed by atoms with E-state index >= 15 is 0 Å². The second kappa shape index (κ2) is 7.21. The number of nitrogens with one attached hydrogen (secondary N) is 2.